The Hall–Kier alpha value is -3.09. The number of imide groups is 1. The van der Waals surface area contributed by atoms with Crippen LogP contribution < -0.4 is 9.91 Å². The Labute approximate surface area is 148 Å². The van der Waals surface area contributed by atoms with Crippen molar-refractivity contribution in [1.82, 2.24) is 0 Å². The van der Waals surface area contributed by atoms with Crippen LogP contribution >= 0.6 is 0 Å². The zero-order chi connectivity index (χ0) is 17.8. The molecule has 2 heterocycles. The molecular formula is C19H15FN4O2. The van der Waals surface area contributed by atoms with E-state index in [0.29, 0.717) is 11.4 Å². The molecule has 0 unspecified atom stereocenters. The topological polar surface area (TPSA) is 65.3 Å². The smallest absolute Gasteiger partial charge is 0.263 e. The van der Waals surface area contributed by atoms with Gasteiger partial charge in [-0.05, 0) is 60.7 Å². The van der Waals surface area contributed by atoms with Crippen LogP contribution in [0.2, 0.25) is 0 Å². The van der Waals surface area contributed by atoms with Crippen LogP contribution in [0.15, 0.2) is 52.8 Å². The van der Waals surface area contributed by atoms with E-state index >= 15 is 0 Å². The number of rotatable bonds is 2. The molecule has 0 aromatic heterocycles. The third kappa shape index (κ3) is 2.09. The summed E-state index contributed by atoms with van der Waals surface area (Å²) >= 11 is 0. The first-order valence-corrected chi connectivity index (χ1v) is 8.59. The van der Waals surface area contributed by atoms with Gasteiger partial charge in [-0.1, -0.05) is 17.4 Å². The number of aryl methyl sites for hydroxylation is 2. The Balaban J connectivity index is 1.51. The van der Waals surface area contributed by atoms with E-state index in [4.69, 9.17) is 0 Å². The van der Waals surface area contributed by atoms with Gasteiger partial charge in [-0.25, -0.2) is 14.3 Å². The lowest BCUT2D eigenvalue weighted by molar-refractivity contribution is -0.121. The van der Waals surface area contributed by atoms with E-state index in [1.54, 1.807) is 6.07 Å². The number of amides is 2. The molecule has 2 aromatic carbocycles. The van der Waals surface area contributed by atoms with Crippen molar-refractivity contribution >= 4 is 23.2 Å². The molecule has 130 valence electrons. The number of fused-ring (bicyclic) bond motifs is 2. The summed E-state index contributed by atoms with van der Waals surface area (Å²) in [6.45, 7) is 0. The van der Waals surface area contributed by atoms with Crippen molar-refractivity contribution < 1.29 is 14.0 Å². The van der Waals surface area contributed by atoms with E-state index in [1.165, 1.54) is 39.2 Å². The molecule has 2 aromatic rings. The molecule has 0 N–H and O–H groups in total. The molecular weight excluding hydrogens is 335 g/mol. The minimum atomic E-state index is -0.890. The highest BCUT2D eigenvalue weighted by atomic mass is 19.1. The zero-order valence-corrected chi connectivity index (χ0v) is 13.8. The maximum atomic E-state index is 13.5. The van der Waals surface area contributed by atoms with Gasteiger partial charge in [0, 0.05) is 0 Å². The summed E-state index contributed by atoms with van der Waals surface area (Å²) in [4.78, 5) is 27.0. The molecule has 0 spiro atoms. The first-order valence-electron chi connectivity index (χ1n) is 8.59. The van der Waals surface area contributed by atoms with Gasteiger partial charge in [0.2, 0.25) is 0 Å². The molecule has 1 saturated heterocycles. The summed E-state index contributed by atoms with van der Waals surface area (Å²) in [5.74, 6) is -1.21. The van der Waals surface area contributed by atoms with Gasteiger partial charge in [0.05, 0.1) is 11.4 Å². The van der Waals surface area contributed by atoms with Crippen LogP contribution in [0.4, 0.5) is 15.8 Å². The third-order valence-corrected chi connectivity index (χ3v) is 5.19. The molecule has 6 nitrogen and oxygen atoms in total. The molecule has 0 bridgehead atoms. The highest BCUT2D eigenvalue weighted by Gasteiger charge is 2.55. The predicted molar refractivity (Wildman–Crippen MR) is 92.3 cm³/mol. The summed E-state index contributed by atoms with van der Waals surface area (Å²) in [7, 11) is 0. The van der Waals surface area contributed by atoms with E-state index in [-0.39, 0.29) is 11.8 Å². The maximum absolute atomic E-state index is 13.5. The molecule has 1 aliphatic carbocycles. The minimum Gasteiger partial charge on any atom is -0.271 e. The molecule has 2 atom stereocenters. The van der Waals surface area contributed by atoms with Gasteiger partial charge in [-0.2, -0.15) is 5.11 Å². The molecule has 3 aliphatic rings. The number of nitrogens with zero attached hydrogens (tertiary/aromatic N) is 4. The largest absolute Gasteiger partial charge is 0.271 e. The fourth-order valence-electron chi connectivity index (χ4n) is 3.94. The average Bonchev–Trinajstić information content (AvgIpc) is 3.32. The van der Waals surface area contributed by atoms with Crippen LogP contribution in [0.5, 0.6) is 0 Å². The van der Waals surface area contributed by atoms with Crippen LogP contribution in [0, 0.1) is 5.82 Å². The van der Waals surface area contributed by atoms with Gasteiger partial charge in [0.1, 0.15) is 5.82 Å². The summed E-state index contributed by atoms with van der Waals surface area (Å²) in [6, 6.07) is 9.72. The lowest BCUT2D eigenvalue weighted by Crippen LogP contribution is -2.40. The van der Waals surface area contributed by atoms with Crippen LogP contribution in [0.3, 0.4) is 0 Å². The average molecular weight is 350 g/mol. The van der Waals surface area contributed by atoms with Gasteiger partial charge in [0.25, 0.3) is 11.8 Å². The molecule has 2 amide bonds. The van der Waals surface area contributed by atoms with Gasteiger partial charge >= 0.3 is 0 Å². The Morgan fingerprint density at radius 1 is 0.962 bits per heavy atom. The van der Waals surface area contributed by atoms with Crippen LogP contribution in [-0.4, -0.2) is 23.9 Å². The highest BCUT2D eigenvalue weighted by molar-refractivity contribution is 6.26. The van der Waals surface area contributed by atoms with E-state index in [9.17, 15) is 14.0 Å². The van der Waals surface area contributed by atoms with E-state index in [0.717, 1.165) is 19.3 Å². The Morgan fingerprint density at radius 2 is 1.81 bits per heavy atom. The van der Waals surface area contributed by atoms with Gasteiger partial charge in [-0.3, -0.25) is 9.59 Å². The van der Waals surface area contributed by atoms with Crippen molar-refractivity contribution in [3.63, 3.8) is 0 Å². The van der Waals surface area contributed by atoms with Crippen molar-refractivity contribution in [3.8, 4) is 0 Å². The quantitative estimate of drug-likeness (QED) is 0.783. The van der Waals surface area contributed by atoms with Crippen molar-refractivity contribution in [2.24, 2.45) is 10.3 Å². The van der Waals surface area contributed by atoms with Gasteiger partial charge in [-0.15, -0.1) is 0 Å². The number of carbonyl (C=O) groups is 2. The normalized spacial score (nSPS) is 23.7. The third-order valence-electron chi connectivity index (χ3n) is 5.19. The fourth-order valence-corrected chi connectivity index (χ4v) is 3.94. The molecule has 5 rings (SSSR count). The number of carbonyl (C=O) groups excluding carboxylic acids is 2. The monoisotopic (exact) mass is 350 g/mol. The summed E-state index contributed by atoms with van der Waals surface area (Å²) in [5.41, 5.74) is 3.43. The zero-order valence-electron chi connectivity index (χ0n) is 13.8. The Kier molecular flexibility index (Phi) is 3.19. The molecule has 2 aliphatic heterocycles. The Bertz CT molecular complexity index is 974. The number of hydrogen-bond donors (Lipinski definition) is 0. The number of hydrogen-bond acceptors (Lipinski definition) is 5. The summed E-state index contributed by atoms with van der Waals surface area (Å²) in [5, 5.41) is 9.26. The maximum Gasteiger partial charge on any atom is 0.263 e. The highest BCUT2D eigenvalue weighted by Crippen LogP contribution is 2.36. The second-order valence-corrected chi connectivity index (χ2v) is 6.74. The number of benzene rings is 2. The molecule has 0 saturated carbocycles. The minimum absolute atomic E-state index is 0.382. The van der Waals surface area contributed by atoms with Crippen LogP contribution in [0.1, 0.15) is 17.5 Å². The first kappa shape index (κ1) is 15.2. The van der Waals surface area contributed by atoms with E-state index in [1.807, 2.05) is 18.2 Å². The molecule has 7 heteroatoms. The van der Waals surface area contributed by atoms with Crippen LogP contribution in [0.25, 0.3) is 0 Å². The second kappa shape index (κ2) is 5.45. The van der Waals surface area contributed by atoms with E-state index in [2.05, 4.69) is 10.3 Å². The second-order valence-electron chi connectivity index (χ2n) is 6.74. The van der Waals surface area contributed by atoms with E-state index < -0.39 is 17.9 Å². The molecule has 0 radical (unpaired) electrons. The van der Waals surface area contributed by atoms with Crippen LogP contribution in [-0.2, 0) is 22.4 Å². The summed E-state index contributed by atoms with van der Waals surface area (Å²) < 4.78 is 13.5. The lowest BCUT2D eigenvalue weighted by atomic mass is 10.1. The SMILES string of the molecule is O=C1[C@H]2N=NN(c3cccc(F)c3)[C@H]2C(=O)N1c1ccc2c(c1)CCC2. The summed E-state index contributed by atoms with van der Waals surface area (Å²) in [6.07, 6.45) is 3.08. The fraction of sp³-hybridized carbons (Fsp3) is 0.263. The van der Waals surface area contributed by atoms with Crippen molar-refractivity contribution in [2.45, 2.75) is 31.3 Å². The number of halogens is 1. The lowest BCUT2D eigenvalue weighted by Gasteiger charge is -2.21. The van der Waals surface area contributed by atoms with Gasteiger partial charge in [0.15, 0.2) is 12.1 Å². The molecule has 26 heavy (non-hydrogen) atoms. The Morgan fingerprint density at radius 3 is 2.65 bits per heavy atom. The van der Waals surface area contributed by atoms with Crippen molar-refractivity contribution in [2.75, 3.05) is 9.91 Å². The van der Waals surface area contributed by atoms with Crippen molar-refractivity contribution in [3.05, 3.63) is 59.4 Å². The predicted octanol–water partition coefficient (Wildman–Crippen LogP) is 2.81. The van der Waals surface area contributed by atoms with Gasteiger partial charge < -0.3 is 0 Å². The number of anilines is 2. The molecule has 1 fully saturated rings. The standard InChI is InChI=1S/C19H15FN4O2/c20-13-5-2-6-15(10-13)24-17-16(21-22-24)18(25)23(19(17)26)14-8-7-11-3-1-4-12(11)9-14/h2,5-10,16-17H,1,3-4H2/t16-,17+/m0/s1. The first-order chi connectivity index (χ1) is 12.6. The van der Waals surface area contributed by atoms with Crippen molar-refractivity contribution in [1.29, 1.82) is 0 Å².